The number of nitrogens with zero attached hydrogens (tertiary/aromatic N) is 2. The topological polar surface area (TPSA) is 186 Å². The van der Waals surface area contributed by atoms with E-state index in [0.717, 1.165) is 0 Å². The molecule has 0 radical (unpaired) electrons. The van der Waals surface area contributed by atoms with Crippen molar-refractivity contribution in [2.24, 2.45) is 17.8 Å². The number of hydrogen-bond donors (Lipinski definition) is 4. The Labute approximate surface area is 329 Å². The van der Waals surface area contributed by atoms with Gasteiger partial charge in [0.25, 0.3) is 0 Å². The molecule has 0 saturated carbocycles. The number of ether oxygens (including phenoxy) is 7. The first-order chi connectivity index (χ1) is 25.3. The number of likely N-dealkylation sites (N-methyl/N-ethyl adjacent to an activating group) is 2. The maximum absolute atomic E-state index is 14.3. The second kappa shape index (κ2) is 19.0. The maximum Gasteiger partial charge on any atom is 0.311 e. The zero-order valence-electron chi connectivity index (χ0n) is 36.1. The van der Waals surface area contributed by atoms with Crippen molar-refractivity contribution in [3.05, 3.63) is 0 Å². The molecule has 3 rings (SSSR count). The highest BCUT2D eigenvalue weighted by Gasteiger charge is 2.53. The van der Waals surface area contributed by atoms with Gasteiger partial charge in [-0.1, -0.05) is 20.8 Å². The third-order valence-corrected chi connectivity index (χ3v) is 12.5. The van der Waals surface area contributed by atoms with Crippen LogP contribution in [0.1, 0.15) is 102 Å². The molecule has 3 aliphatic rings. The lowest BCUT2D eigenvalue weighted by molar-refractivity contribution is -0.318. The van der Waals surface area contributed by atoms with Gasteiger partial charge in [-0.3, -0.25) is 9.59 Å². The van der Waals surface area contributed by atoms with Crippen LogP contribution in [-0.4, -0.2) is 167 Å². The average molecular weight is 791 g/mol. The predicted molar refractivity (Wildman–Crippen MR) is 204 cm³/mol. The Morgan fingerprint density at radius 1 is 0.964 bits per heavy atom. The van der Waals surface area contributed by atoms with Gasteiger partial charge in [0, 0.05) is 39.0 Å². The molecular formula is C40H74N2O13. The molecule has 3 fully saturated rings. The molecule has 4 N–H and O–H groups in total. The minimum atomic E-state index is -1.82. The smallest absolute Gasteiger partial charge is 0.311 e. The number of aliphatic hydroxyl groups is 4. The van der Waals surface area contributed by atoms with Crippen LogP contribution < -0.4 is 0 Å². The summed E-state index contributed by atoms with van der Waals surface area (Å²) >= 11 is 0. The van der Waals surface area contributed by atoms with Crippen molar-refractivity contribution in [2.75, 3.05) is 34.8 Å². The molecule has 0 aliphatic carbocycles. The van der Waals surface area contributed by atoms with Gasteiger partial charge >= 0.3 is 11.9 Å². The molecule has 0 bridgehead atoms. The summed E-state index contributed by atoms with van der Waals surface area (Å²) in [5.41, 5.74) is -4.45. The SMILES string of the molecule is CC[C@H]1OC(=O)[C@H](C)[C@H](O[C@H]2C[C@@](C)(OC)[C@@H](O)[C@H](C)O2)[C@@H](C)[C@@H](O[C@@H]2O[C@H](C)C[C@H](N(C)C)[C@H]2OC(C)=O)[C@](C)(O)C[C@@H](C)CN(C)[C@H](C)[C@@H](O)[C@]1(C)O. The van der Waals surface area contributed by atoms with Crippen LogP contribution in [0.2, 0.25) is 0 Å². The van der Waals surface area contributed by atoms with Crippen LogP contribution in [0, 0.1) is 17.8 Å². The molecule has 322 valence electrons. The first-order valence-electron chi connectivity index (χ1n) is 20.0. The fourth-order valence-corrected chi connectivity index (χ4v) is 9.04. The van der Waals surface area contributed by atoms with Gasteiger partial charge in [-0.15, -0.1) is 0 Å². The van der Waals surface area contributed by atoms with Gasteiger partial charge in [-0.05, 0) is 94.8 Å². The summed E-state index contributed by atoms with van der Waals surface area (Å²) in [4.78, 5) is 30.7. The predicted octanol–water partition coefficient (Wildman–Crippen LogP) is 2.47. The fraction of sp³-hybridized carbons (Fsp3) is 0.950. The highest BCUT2D eigenvalue weighted by atomic mass is 16.7. The number of carbonyl (C=O) groups is 2. The Hall–Kier alpha value is -1.50. The summed E-state index contributed by atoms with van der Waals surface area (Å²) in [6.07, 6.45) is -8.28. The lowest BCUT2D eigenvalue weighted by Gasteiger charge is -2.49. The highest BCUT2D eigenvalue weighted by Crippen LogP contribution is 2.40. The van der Waals surface area contributed by atoms with Gasteiger partial charge in [0.1, 0.15) is 23.9 Å². The minimum Gasteiger partial charge on any atom is -0.459 e. The molecule has 55 heavy (non-hydrogen) atoms. The Morgan fingerprint density at radius 2 is 1.58 bits per heavy atom. The molecule has 0 unspecified atom stereocenters. The second-order valence-electron chi connectivity index (χ2n) is 17.7. The molecule has 0 aromatic heterocycles. The van der Waals surface area contributed by atoms with Gasteiger partial charge < -0.3 is 63.4 Å². The van der Waals surface area contributed by atoms with Crippen molar-refractivity contribution in [1.29, 1.82) is 0 Å². The molecule has 0 amide bonds. The largest absolute Gasteiger partial charge is 0.459 e. The standard InChI is InChI=1S/C40H74N2O13/c1-16-29-40(11,48)33(44)25(6)42(14)20-21(2)18-38(9,47)35(55-37-32(52-27(8)43)28(41(12)13)17-22(3)50-37)23(4)31(24(5)36(46)53-29)54-30-19-39(10,49-15)34(45)26(7)51-30/h21-26,28-35,37,44-45,47-48H,16-20H2,1-15H3/t21-,22-,23-,24-,25-,26+,28+,29-,30+,31-,32-,33-,34+,35-,37+,38-,39-,40-/m1/s1. The third kappa shape index (κ3) is 11.2. The summed E-state index contributed by atoms with van der Waals surface area (Å²) in [5.74, 6) is -3.20. The molecule has 0 aromatic carbocycles. The normalized spacial score (nSPS) is 47.4. The lowest BCUT2D eigenvalue weighted by atomic mass is 9.77. The van der Waals surface area contributed by atoms with E-state index in [2.05, 4.69) is 0 Å². The first-order valence-corrected chi connectivity index (χ1v) is 20.0. The maximum atomic E-state index is 14.3. The average Bonchev–Trinajstić information content (AvgIpc) is 3.08. The summed E-state index contributed by atoms with van der Waals surface area (Å²) in [6.45, 7) is 19.3. The van der Waals surface area contributed by atoms with Crippen molar-refractivity contribution in [2.45, 2.75) is 192 Å². The number of aliphatic hydroxyl groups excluding tert-OH is 2. The number of methoxy groups -OCH3 is 1. The monoisotopic (exact) mass is 791 g/mol. The fourth-order valence-electron chi connectivity index (χ4n) is 9.04. The third-order valence-electron chi connectivity index (χ3n) is 12.5. The number of carbonyl (C=O) groups excluding carboxylic acids is 2. The van der Waals surface area contributed by atoms with E-state index in [1.807, 2.05) is 51.7 Å². The van der Waals surface area contributed by atoms with Crippen molar-refractivity contribution in [3.63, 3.8) is 0 Å². The van der Waals surface area contributed by atoms with Crippen LogP contribution in [-0.2, 0) is 42.7 Å². The molecule has 3 saturated heterocycles. The molecular weight excluding hydrogens is 716 g/mol. The molecule has 0 aromatic rings. The van der Waals surface area contributed by atoms with E-state index in [1.165, 1.54) is 21.0 Å². The summed E-state index contributed by atoms with van der Waals surface area (Å²) in [5, 5.41) is 46.9. The Balaban J connectivity index is 2.23. The van der Waals surface area contributed by atoms with Crippen molar-refractivity contribution in [3.8, 4) is 0 Å². The van der Waals surface area contributed by atoms with E-state index >= 15 is 0 Å². The Kier molecular flexibility index (Phi) is 16.6. The number of esters is 2. The van der Waals surface area contributed by atoms with Gasteiger partial charge in [0.05, 0.1) is 47.6 Å². The number of hydrogen-bond acceptors (Lipinski definition) is 15. The van der Waals surface area contributed by atoms with Gasteiger partial charge in [0.15, 0.2) is 18.7 Å². The van der Waals surface area contributed by atoms with Crippen LogP contribution >= 0.6 is 0 Å². The van der Waals surface area contributed by atoms with Gasteiger partial charge in [-0.25, -0.2) is 0 Å². The lowest BCUT2D eigenvalue weighted by Crippen LogP contribution is -2.61. The van der Waals surface area contributed by atoms with Crippen LogP contribution in [0.3, 0.4) is 0 Å². The summed E-state index contributed by atoms with van der Waals surface area (Å²) < 4.78 is 43.9. The van der Waals surface area contributed by atoms with Crippen LogP contribution in [0.5, 0.6) is 0 Å². The van der Waals surface area contributed by atoms with E-state index in [0.29, 0.717) is 13.0 Å². The molecule has 18 atom stereocenters. The Bertz CT molecular complexity index is 1250. The molecule has 15 nitrogen and oxygen atoms in total. The second-order valence-corrected chi connectivity index (χ2v) is 17.7. The number of rotatable bonds is 8. The van der Waals surface area contributed by atoms with Crippen LogP contribution in [0.15, 0.2) is 0 Å². The van der Waals surface area contributed by atoms with Crippen LogP contribution in [0.4, 0.5) is 0 Å². The molecule has 15 heteroatoms. The number of cyclic esters (lactones) is 1. The summed E-state index contributed by atoms with van der Waals surface area (Å²) in [6, 6.07) is -0.823. The first kappa shape index (κ1) is 47.9. The molecule has 0 spiro atoms. The highest BCUT2D eigenvalue weighted by molar-refractivity contribution is 5.73. The van der Waals surface area contributed by atoms with E-state index in [9.17, 15) is 30.0 Å². The van der Waals surface area contributed by atoms with E-state index in [-0.39, 0.29) is 37.3 Å². The van der Waals surface area contributed by atoms with Crippen molar-refractivity contribution >= 4 is 11.9 Å². The minimum absolute atomic E-state index is 0.115. The molecule has 3 aliphatic heterocycles. The van der Waals surface area contributed by atoms with E-state index in [4.69, 9.17) is 33.2 Å². The van der Waals surface area contributed by atoms with Crippen molar-refractivity contribution in [1.82, 2.24) is 9.80 Å². The quantitative estimate of drug-likeness (QED) is 0.263. The van der Waals surface area contributed by atoms with Gasteiger partial charge in [-0.2, -0.15) is 0 Å². The van der Waals surface area contributed by atoms with E-state index < -0.39 is 102 Å². The zero-order chi connectivity index (χ0) is 42.0. The van der Waals surface area contributed by atoms with E-state index in [1.54, 1.807) is 41.5 Å². The van der Waals surface area contributed by atoms with Crippen LogP contribution in [0.25, 0.3) is 0 Å². The Morgan fingerprint density at radius 3 is 2.13 bits per heavy atom. The molecule has 3 heterocycles. The van der Waals surface area contributed by atoms with Gasteiger partial charge in [0.2, 0.25) is 0 Å². The summed E-state index contributed by atoms with van der Waals surface area (Å²) in [7, 11) is 7.12. The van der Waals surface area contributed by atoms with Crippen molar-refractivity contribution < 1.29 is 63.2 Å². The zero-order valence-corrected chi connectivity index (χ0v) is 36.1.